The second kappa shape index (κ2) is 5.08. The van der Waals surface area contributed by atoms with Crippen LogP contribution in [0, 0.1) is 0 Å². The van der Waals surface area contributed by atoms with Crippen molar-refractivity contribution in [1.29, 1.82) is 0 Å². The molecule has 20 heavy (non-hydrogen) atoms. The van der Waals surface area contributed by atoms with Crippen molar-refractivity contribution >= 4 is 16.8 Å². The standard InChI is InChI=1S/C14H12N4O2/c1-2-20-13-10(7-16-14-11(13)8-17-18-14)12(19)9-3-5-15-6-4-9/h3-8H,2H2,1H3,(H,16,17,18). The van der Waals surface area contributed by atoms with E-state index in [-0.39, 0.29) is 5.78 Å². The number of carbonyl (C=O) groups is 1. The van der Waals surface area contributed by atoms with Crippen LogP contribution in [0.4, 0.5) is 0 Å². The SMILES string of the molecule is CCOc1c(C(=O)c2ccncc2)cnc2[nH]ncc12. The zero-order chi connectivity index (χ0) is 13.9. The Kier molecular flexibility index (Phi) is 3.12. The van der Waals surface area contributed by atoms with Crippen molar-refractivity contribution in [2.45, 2.75) is 6.92 Å². The summed E-state index contributed by atoms with van der Waals surface area (Å²) in [7, 11) is 0. The number of carbonyl (C=O) groups excluding carboxylic acids is 1. The molecule has 3 aromatic heterocycles. The highest BCUT2D eigenvalue weighted by Crippen LogP contribution is 2.28. The van der Waals surface area contributed by atoms with Gasteiger partial charge in [-0.15, -0.1) is 0 Å². The first-order valence-corrected chi connectivity index (χ1v) is 6.21. The molecule has 0 aromatic carbocycles. The Balaban J connectivity index is 2.15. The molecular weight excluding hydrogens is 256 g/mol. The van der Waals surface area contributed by atoms with E-state index in [2.05, 4.69) is 20.2 Å². The Hall–Kier alpha value is -2.76. The van der Waals surface area contributed by atoms with Crippen LogP contribution in [0.15, 0.2) is 36.9 Å². The Morgan fingerprint density at radius 1 is 1.30 bits per heavy atom. The predicted molar refractivity (Wildman–Crippen MR) is 72.7 cm³/mol. The maximum absolute atomic E-state index is 12.5. The van der Waals surface area contributed by atoms with Crippen LogP contribution in [-0.2, 0) is 0 Å². The van der Waals surface area contributed by atoms with Crippen LogP contribution in [0.1, 0.15) is 22.8 Å². The van der Waals surface area contributed by atoms with Gasteiger partial charge in [-0.3, -0.25) is 14.9 Å². The van der Waals surface area contributed by atoms with Crippen LogP contribution >= 0.6 is 0 Å². The van der Waals surface area contributed by atoms with Gasteiger partial charge in [0.15, 0.2) is 11.4 Å². The van der Waals surface area contributed by atoms with Gasteiger partial charge in [-0.2, -0.15) is 5.10 Å². The normalized spacial score (nSPS) is 10.7. The van der Waals surface area contributed by atoms with Gasteiger partial charge in [0.2, 0.25) is 0 Å². The molecule has 0 aliphatic carbocycles. The van der Waals surface area contributed by atoms with Crippen LogP contribution in [0.25, 0.3) is 11.0 Å². The van der Waals surface area contributed by atoms with E-state index >= 15 is 0 Å². The molecule has 3 aromatic rings. The average molecular weight is 268 g/mol. The lowest BCUT2D eigenvalue weighted by Crippen LogP contribution is -2.06. The fourth-order valence-electron chi connectivity index (χ4n) is 2.00. The molecule has 0 spiro atoms. The fraction of sp³-hybridized carbons (Fsp3) is 0.143. The summed E-state index contributed by atoms with van der Waals surface area (Å²) in [5.41, 5.74) is 1.57. The van der Waals surface area contributed by atoms with E-state index in [9.17, 15) is 4.79 Å². The predicted octanol–water partition coefficient (Wildman–Crippen LogP) is 1.98. The fourth-order valence-corrected chi connectivity index (χ4v) is 2.00. The molecule has 0 saturated heterocycles. The molecule has 0 amide bonds. The number of nitrogens with one attached hydrogen (secondary N) is 1. The topological polar surface area (TPSA) is 80.8 Å². The minimum atomic E-state index is -0.147. The number of aromatic nitrogens is 4. The smallest absolute Gasteiger partial charge is 0.198 e. The molecule has 1 N–H and O–H groups in total. The molecule has 100 valence electrons. The van der Waals surface area contributed by atoms with Gasteiger partial charge < -0.3 is 4.74 Å². The molecule has 6 heteroatoms. The zero-order valence-electron chi connectivity index (χ0n) is 10.8. The quantitative estimate of drug-likeness (QED) is 0.732. The van der Waals surface area contributed by atoms with Crippen molar-refractivity contribution in [1.82, 2.24) is 20.2 Å². The van der Waals surface area contributed by atoms with Crippen LogP contribution < -0.4 is 4.74 Å². The lowest BCUT2D eigenvalue weighted by Gasteiger charge is -2.09. The maximum atomic E-state index is 12.5. The minimum absolute atomic E-state index is 0.147. The second-order valence-corrected chi connectivity index (χ2v) is 4.13. The first kappa shape index (κ1) is 12.3. The van der Waals surface area contributed by atoms with Crippen LogP contribution in [0.3, 0.4) is 0 Å². The highest BCUT2D eigenvalue weighted by molar-refractivity contribution is 6.12. The minimum Gasteiger partial charge on any atom is -0.492 e. The van der Waals surface area contributed by atoms with Crippen LogP contribution in [0.2, 0.25) is 0 Å². The highest BCUT2D eigenvalue weighted by atomic mass is 16.5. The largest absolute Gasteiger partial charge is 0.492 e. The van der Waals surface area contributed by atoms with Crippen molar-refractivity contribution < 1.29 is 9.53 Å². The van der Waals surface area contributed by atoms with Crippen molar-refractivity contribution in [3.63, 3.8) is 0 Å². The summed E-state index contributed by atoms with van der Waals surface area (Å²) in [6, 6.07) is 3.33. The van der Waals surface area contributed by atoms with E-state index in [1.54, 1.807) is 30.7 Å². The van der Waals surface area contributed by atoms with E-state index in [0.717, 1.165) is 0 Å². The summed E-state index contributed by atoms with van der Waals surface area (Å²) in [4.78, 5) is 20.6. The highest BCUT2D eigenvalue weighted by Gasteiger charge is 2.19. The third-order valence-corrected chi connectivity index (χ3v) is 2.91. The van der Waals surface area contributed by atoms with Crippen molar-refractivity contribution in [2.75, 3.05) is 6.61 Å². The first-order valence-electron chi connectivity index (χ1n) is 6.21. The number of H-pyrrole nitrogens is 1. The van der Waals surface area contributed by atoms with Gasteiger partial charge in [0.25, 0.3) is 0 Å². The van der Waals surface area contributed by atoms with Gasteiger partial charge in [0.1, 0.15) is 5.75 Å². The number of hydrogen-bond acceptors (Lipinski definition) is 5. The molecule has 0 bridgehead atoms. The Morgan fingerprint density at radius 2 is 2.10 bits per heavy atom. The molecular formula is C14H12N4O2. The van der Waals surface area contributed by atoms with E-state index < -0.39 is 0 Å². The van der Waals surface area contributed by atoms with Gasteiger partial charge >= 0.3 is 0 Å². The molecule has 0 saturated carbocycles. The third-order valence-electron chi connectivity index (χ3n) is 2.91. The molecule has 0 fully saturated rings. The van der Waals surface area contributed by atoms with Crippen molar-refractivity contribution in [3.05, 3.63) is 48.0 Å². The van der Waals surface area contributed by atoms with Crippen LogP contribution in [0.5, 0.6) is 5.75 Å². The molecule has 0 unspecified atom stereocenters. The summed E-state index contributed by atoms with van der Waals surface area (Å²) in [6.07, 6.45) is 6.28. The molecule has 3 heterocycles. The number of aromatic amines is 1. The monoisotopic (exact) mass is 268 g/mol. The summed E-state index contributed by atoms with van der Waals surface area (Å²) in [5, 5.41) is 7.39. The summed E-state index contributed by atoms with van der Waals surface area (Å²) in [6.45, 7) is 2.33. The molecule has 0 aliphatic rings. The van der Waals surface area contributed by atoms with Crippen LogP contribution in [-0.4, -0.2) is 32.6 Å². The van der Waals surface area contributed by atoms with Crippen molar-refractivity contribution in [2.24, 2.45) is 0 Å². The van der Waals surface area contributed by atoms with E-state index in [4.69, 9.17) is 4.74 Å². The first-order chi connectivity index (χ1) is 9.81. The summed E-state index contributed by atoms with van der Waals surface area (Å²) < 4.78 is 5.61. The Morgan fingerprint density at radius 3 is 2.85 bits per heavy atom. The van der Waals surface area contributed by atoms with E-state index in [1.165, 1.54) is 6.20 Å². The Bertz CT molecular complexity index is 752. The molecule has 0 aliphatic heterocycles. The van der Waals surface area contributed by atoms with Gasteiger partial charge in [-0.25, -0.2) is 4.98 Å². The number of pyridine rings is 2. The lowest BCUT2D eigenvalue weighted by atomic mass is 10.0. The number of ether oxygens (including phenoxy) is 1. The molecule has 6 nitrogen and oxygen atoms in total. The molecule has 3 rings (SSSR count). The molecule has 0 atom stereocenters. The summed E-state index contributed by atoms with van der Waals surface area (Å²) >= 11 is 0. The van der Waals surface area contributed by atoms with E-state index in [1.807, 2.05) is 6.92 Å². The number of ketones is 1. The van der Waals surface area contributed by atoms with Gasteiger partial charge in [-0.1, -0.05) is 0 Å². The molecule has 0 radical (unpaired) electrons. The Labute approximate surface area is 114 Å². The third kappa shape index (κ3) is 2.01. The lowest BCUT2D eigenvalue weighted by molar-refractivity contribution is 0.103. The number of rotatable bonds is 4. The average Bonchev–Trinajstić information content (AvgIpc) is 2.97. The summed E-state index contributed by atoms with van der Waals surface area (Å²) in [5.74, 6) is 0.361. The zero-order valence-corrected chi connectivity index (χ0v) is 10.8. The maximum Gasteiger partial charge on any atom is 0.198 e. The second-order valence-electron chi connectivity index (χ2n) is 4.13. The van der Waals surface area contributed by atoms with E-state index in [0.29, 0.717) is 34.5 Å². The van der Waals surface area contributed by atoms with Gasteiger partial charge in [0.05, 0.1) is 23.8 Å². The van der Waals surface area contributed by atoms with Crippen molar-refractivity contribution in [3.8, 4) is 5.75 Å². The number of fused-ring (bicyclic) bond motifs is 1. The number of hydrogen-bond donors (Lipinski definition) is 1. The van der Waals surface area contributed by atoms with Gasteiger partial charge in [0, 0.05) is 24.2 Å². The number of nitrogens with zero attached hydrogens (tertiary/aromatic N) is 3. The van der Waals surface area contributed by atoms with Gasteiger partial charge in [-0.05, 0) is 19.1 Å².